The largest absolute Gasteiger partial charge is 0.387 e. The second-order valence-electron chi connectivity index (χ2n) is 4.98. The van der Waals surface area contributed by atoms with Crippen LogP contribution in [0.5, 0.6) is 0 Å². The minimum absolute atomic E-state index is 0.471. The van der Waals surface area contributed by atoms with E-state index in [1.54, 1.807) is 12.3 Å². The van der Waals surface area contributed by atoms with Crippen LogP contribution in [-0.2, 0) is 0 Å². The van der Waals surface area contributed by atoms with E-state index in [1.165, 1.54) is 5.56 Å². The molecule has 0 amide bonds. The summed E-state index contributed by atoms with van der Waals surface area (Å²) in [5.74, 6) is 0.766. The summed E-state index contributed by atoms with van der Waals surface area (Å²) in [6.45, 7) is 5.25. The maximum Gasteiger partial charge on any atom is 0.128 e. The molecule has 1 aromatic carbocycles. The lowest BCUT2D eigenvalue weighted by atomic mass is 10.1. The van der Waals surface area contributed by atoms with Gasteiger partial charge in [-0.05, 0) is 31.5 Å². The van der Waals surface area contributed by atoms with Crippen molar-refractivity contribution in [3.05, 3.63) is 59.3 Å². The van der Waals surface area contributed by atoms with Crippen LogP contribution < -0.4 is 4.90 Å². The van der Waals surface area contributed by atoms with Crippen LogP contribution in [0.3, 0.4) is 0 Å². The molecule has 108 valence electrons. The Morgan fingerprint density at radius 1 is 1.24 bits per heavy atom. The normalized spacial score (nSPS) is 11.7. The average molecular weight is 281 g/mol. The molecular formula is C17H19N3O. The number of hydrogen-bond donors (Lipinski definition) is 1. The van der Waals surface area contributed by atoms with Gasteiger partial charge in [0.15, 0.2) is 0 Å². The summed E-state index contributed by atoms with van der Waals surface area (Å²) in [7, 11) is 0. The summed E-state index contributed by atoms with van der Waals surface area (Å²) < 4.78 is 0. The zero-order valence-corrected chi connectivity index (χ0v) is 12.3. The van der Waals surface area contributed by atoms with Gasteiger partial charge >= 0.3 is 0 Å². The van der Waals surface area contributed by atoms with E-state index in [2.05, 4.69) is 11.1 Å². The van der Waals surface area contributed by atoms with Gasteiger partial charge in [-0.3, -0.25) is 0 Å². The maximum absolute atomic E-state index is 10.4. The third kappa shape index (κ3) is 3.80. The number of benzene rings is 1. The predicted octanol–water partition coefficient (Wildman–Crippen LogP) is 2.82. The zero-order chi connectivity index (χ0) is 15.2. The molecule has 1 atom stereocenters. The van der Waals surface area contributed by atoms with Crippen molar-refractivity contribution < 1.29 is 5.11 Å². The second-order valence-corrected chi connectivity index (χ2v) is 4.98. The third-order valence-electron chi connectivity index (χ3n) is 3.44. The van der Waals surface area contributed by atoms with Gasteiger partial charge < -0.3 is 10.0 Å². The number of nitriles is 1. The second kappa shape index (κ2) is 6.87. The van der Waals surface area contributed by atoms with Crippen molar-refractivity contribution >= 4 is 5.82 Å². The van der Waals surface area contributed by atoms with Gasteiger partial charge in [0, 0.05) is 19.3 Å². The zero-order valence-electron chi connectivity index (χ0n) is 12.3. The summed E-state index contributed by atoms with van der Waals surface area (Å²) in [4.78, 5) is 6.27. The lowest BCUT2D eigenvalue weighted by Crippen LogP contribution is -2.29. The van der Waals surface area contributed by atoms with Crippen LogP contribution in [0.1, 0.15) is 29.7 Å². The summed E-state index contributed by atoms with van der Waals surface area (Å²) >= 11 is 0. The molecule has 0 fully saturated rings. The molecule has 0 aliphatic rings. The molecule has 0 aliphatic heterocycles. The Morgan fingerprint density at radius 3 is 2.48 bits per heavy atom. The first-order valence-corrected chi connectivity index (χ1v) is 6.99. The van der Waals surface area contributed by atoms with Gasteiger partial charge in [0.1, 0.15) is 11.9 Å². The van der Waals surface area contributed by atoms with E-state index in [-0.39, 0.29) is 0 Å². The molecule has 2 rings (SSSR count). The fraction of sp³-hybridized carbons (Fsp3) is 0.294. The van der Waals surface area contributed by atoms with Crippen molar-refractivity contribution in [3.8, 4) is 6.07 Å². The van der Waals surface area contributed by atoms with Gasteiger partial charge in [-0.25, -0.2) is 4.98 Å². The highest BCUT2D eigenvalue weighted by atomic mass is 16.3. The predicted molar refractivity (Wildman–Crippen MR) is 83.0 cm³/mol. The van der Waals surface area contributed by atoms with Crippen LogP contribution in [-0.4, -0.2) is 23.2 Å². The fourth-order valence-corrected chi connectivity index (χ4v) is 2.13. The lowest BCUT2D eigenvalue weighted by molar-refractivity contribution is 0.183. The van der Waals surface area contributed by atoms with Crippen molar-refractivity contribution in [1.29, 1.82) is 5.26 Å². The first kappa shape index (κ1) is 15.0. The van der Waals surface area contributed by atoms with Crippen LogP contribution in [0.4, 0.5) is 5.82 Å². The van der Waals surface area contributed by atoms with Crippen molar-refractivity contribution in [2.75, 3.05) is 18.0 Å². The molecule has 1 N–H and O–H groups in total. The molecule has 2 aromatic rings. The molecule has 0 saturated carbocycles. The van der Waals surface area contributed by atoms with Crippen LogP contribution in [0.15, 0.2) is 42.6 Å². The van der Waals surface area contributed by atoms with Crippen molar-refractivity contribution in [1.82, 2.24) is 4.98 Å². The third-order valence-corrected chi connectivity index (χ3v) is 3.44. The Labute approximate surface area is 125 Å². The number of anilines is 1. The Hall–Kier alpha value is -2.38. The van der Waals surface area contributed by atoms with Crippen LogP contribution in [0.2, 0.25) is 0 Å². The van der Waals surface area contributed by atoms with Gasteiger partial charge in [-0.1, -0.05) is 29.8 Å². The van der Waals surface area contributed by atoms with Crippen molar-refractivity contribution in [2.45, 2.75) is 20.0 Å². The quantitative estimate of drug-likeness (QED) is 0.915. The van der Waals surface area contributed by atoms with Gasteiger partial charge in [0.2, 0.25) is 0 Å². The molecule has 0 saturated heterocycles. The first-order valence-electron chi connectivity index (χ1n) is 6.99. The number of likely N-dealkylation sites (N-methyl/N-ethyl adjacent to an activating group) is 1. The minimum Gasteiger partial charge on any atom is -0.387 e. The molecule has 1 heterocycles. The molecule has 0 spiro atoms. The number of nitrogens with zero attached hydrogens (tertiary/aromatic N) is 3. The minimum atomic E-state index is -0.567. The Kier molecular flexibility index (Phi) is 4.91. The number of aliphatic hydroxyl groups is 1. The molecular weight excluding hydrogens is 262 g/mol. The number of aryl methyl sites for hydroxylation is 1. The summed E-state index contributed by atoms with van der Waals surface area (Å²) in [5.41, 5.74) is 2.61. The van der Waals surface area contributed by atoms with Crippen molar-refractivity contribution in [3.63, 3.8) is 0 Å². The van der Waals surface area contributed by atoms with E-state index in [1.807, 2.05) is 49.1 Å². The summed E-state index contributed by atoms with van der Waals surface area (Å²) in [6.07, 6.45) is 0.985. The SMILES string of the molecule is CCN(CC(O)c1ccc(C)cc1)c1ccc(C#N)cn1. The van der Waals surface area contributed by atoms with Crippen LogP contribution in [0.25, 0.3) is 0 Å². The van der Waals surface area contributed by atoms with Gasteiger partial charge in [-0.15, -0.1) is 0 Å². The molecule has 21 heavy (non-hydrogen) atoms. The van der Waals surface area contributed by atoms with Crippen molar-refractivity contribution in [2.24, 2.45) is 0 Å². The van der Waals surface area contributed by atoms with E-state index in [0.29, 0.717) is 12.1 Å². The highest BCUT2D eigenvalue weighted by molar-refractivity contribution is 5.42. The molecule has 4 nitrogen and oxygen atoms in total. The Bertz CT molecular complexity index is 614. The summed E-state index contributed by atoms with van der Waals surface area (Å²) in [5, 5.41) is 19.2. The number of rotatable bonds is 5. The van der Waals surface area contributed by atoms with E-state index >= 15 is 0 Å². The van der Waals surface area contributed by atoms with E-state index in [0.717, 1.165) is 17.9 Å². The van der Waals surface area contributed by atoms with Crippen LogP contribution >= 0.6 is 0 Å². The van der Waals surface area contributed by atoms with E-state index < -0.39 is 6.10 Å². The monoisotopic (exact) mass is 281 g/mol. The Morgan fingerprint density at radius 2 is 1.95 bits per heavy atom. The fourth-order valence-electron chi connectivity index (χ4n) is 2.13. The Balaban J connectivity index is 2.10. The standard InChI is InChI=1S/C17H19N3O/c1-3-20(17-9-6-14(10-18)11-19-17)12-16(21)15-7-4-13(2)5-8-15/h4-9,11,16,21H,3,12H2,1-2H3. The lowest BCUT2D eigenvalue weighted by Gasteiger charge is -2.25. The van der Waals surface area contributed by atoms with E-state index in [9.17, 15) is 5.11 Å². The molecule has 4 heteroatoms. The maximum atomic E-state index is 10.4. The smallest absolute Gasteiger partial charge is 0.128 e. The number of aliphatic hydroxyl groups excluding tert-OH is 1. The molecule has 0 radical (unpaired) electrons. The number of pyridine rings is 1. The van der Waals surface area contributed by atoms with Gasteiger partial charge in [-0.2, -0.15) is 5.26 Å². The topological polar surface area (TPSA) is 60.1 Å². The molecule has 0 bridgehead atoms. The molecule has 0 aliphatic carbocycles. The van der Waals surface area contributed by atoms with Gasteiger partial charge in [0.25, 0.3) is 0 Å². The molecule has 1 aromatic heterocycles. The van der Waals surface area contributed by atoms with E-state index in [4.69, 9.17) is 5.26 Å². The highest BCUT2D eigenvalue weighted by Crippen LogP contribution is 2.18. The number of aromatic nitrogens is 1. The molecule has 1 unspecified atom stereocenters. The highest BCUT2D eigenvalue weighted by Gasteiger charge is 2.13. The summed E-state index contributed by atoms with van der Waals surface area (Å²) in [6, 6.07) is 13.5. The first-order chi connectivity index (χ1) is 10.1. The number of hydrogen-bond acceptors (Lipinski definition) is 4. The van der Waals surface area contributed by atoms with Gasteiger partial charge in [0.05, 0.1) is 11.7 Å². The van der Waals surface area contributed by atoms with Crippen LogP contribution in [0, 0.1) is 18.3 Å². The average Bonchev–Trinajstić information content (AvgIpc) is 2.53.